The van der Waals surface area contributed by atoms with Crippen LogP contribution in [0.3, 0.4) is 0 Å². The van der Waals surface area contributed by atoms with Gasteiger partial charge < -0.3 is 20.3 Å². The van der Waals surface area contributed by atoms with Crippen molar-refractivity contribution in [2.75, 3.05) is 13.2 Å². The van der Waals surface area contributed by atoms with Crippen molar-refractivity contribution in [3.05, 3.63) is 48.6 Å². The molecule has 6 heteroatoms. The van der Waals surface area contributed by atoms with Crippen molar-refractivity contribution >= 4 is 11.9 Å². The minimum atomic E-state index is -0.664. The normalized spacial score (nSPS) is 12.7. The summed E-state index contributed by atoms with van der Waals surface area (Å²) in [5, 5.41) is 23.5. The lowest BCUT2D eigenvalue weighted by atomic mass is 10.0. The fourth-order valence-corrected chi connectivity index (χ4v) is 13.6. The van der Waals surface area contributed by atoms with E-state index in [1.54, 1.807) is 0 Å². The first kappa shape index (κ1) is 91.8. The second kappa shape index (κ2) is 83.2. The summed E-state index contributed by atoms with van der Waals surface area (Å²) in [5.74, 6) is -0.0152. The summed E-state index contributed by atoms with van der Waals surface area (Å²) in [6.07, 6.45) is 111. The number of unbranched alkanes of at least 4 members (excludes halogenated alkanes) is 62. The van der Waals surface area contributed by atoms with Crippen LogP contribution in [0.5, 0.6) is 0 Å². The molecule has 0 aromatic carbocycles. The van der Waals surface area contributed by atoms with Gasteiger partial charge in [0.25, 0.3) is 0 Å². The summed E-state index contributed by atoms with van der Waals surface area (Å²) in [6.45, 7) is 4.98. The van der Waals surface area contributed by atoms with Crippen LogP contribution in [0.1, 0.15) is 476 Å². The number of nitrogens with one attached hydrogen (secondary N) is 1. The number of aliphatic hydroxyl groups is 2. The lowest BCUT2D eigenvalue weighted by Gasteiger charge is -2.22. The smallest absolute Gasteiger partial charge is 0.305 e. The van der Waals surface area contributed by atoms with Crippen molar-refractivity contribution in [1.82, 2.24) is 5.32 Å². The highest BCUT2D eigenvalue weighted by Crippen LogP contribution is 2.20. The number of carbonyl (C=O) groups excluding carboxylic acids is 2. The summed E-state index contributed by atoms with van der Waals surface area (Å²) in [7, 11) is 0. The molecule has 0 aliphatic rings. The number of carbonyl (C=O) groups is 2. The van der Waals surface area contributed by atoms with Crippen LogP contribution in [-0.2, 0) is 14.3 Å². The van der Waals surface area contributed by atoms with E-state index in [-0.39, 0.29) is 18.5 Å². The molecule has 0 saturated heterocycles. The predicted octanol–water partition coefficient (Wildman–Crippen LogP) is 28.7. The van der Waals surface area contributed by atoms with Gasteiger partial charge in [-0.15, -0.1) is 0 Å². The van der Waals surface area contributed by atoms with Gasteiger partial charge >= 0.3 is 5.97 Å². The van der Waals surface area contributed by atoms with E-state index in [4.69, 9.17) is 4.74 Å². The molecule has 0 radical (unpaired) electrons. The third kappa shape index (κ3) is 78.8. The lowest BCUT2D eigenvalue weighted by Crippen LogP contribution is -2.45. The van der Waals surface area contributed by atoms with E-state index in [1.165, 1.54) is 385 Å². The number of esters is 1. The van der Waals surface area contributed by atoms with Crippen LogP contribution in [0, 0.1) is 0 Å². The quantitative estimate of drug-likeness (QED) is 0.0320. The molecule has 0 spiro atoms. The number of hydrogen-bond acceptors (Lipinski definition) is 5. The van der Waals surface area contributed by atoms with E-state index in [0.29, 0.717) is 25.9 Å². The molecular formula is C88H167NO5. The minimum Gasteiger partial charge on any atom is -0.466 e. The van der Waals surface area contributed by atoms with Gasteiger partial charge in [0.05, 0.1) is 25.4 Å². The number of ether oxygens (including phenoxy) is 1. The summed E-state index contributed by atoms with van der Waals surface area (Å²) < 4.78 is 5.51. The maximum atomic E-state index is 12.6. The zero-order valence-electron chi connectivity index (χ0n) is 63.7. The highest BCUT2D eigenvalue weighted by Gasteiger charge is 2.20. The number of allylic oxidation sites excluding steroid dienone is 8. The average molecular weight is 1320 g/mol. The van der Waals surface area contributed by atoms with E-state index in [0.717, 1.165) is 57.8 Å². The molecule has 0 aliphatic heterocycles. The minimum absolute atomic E-state index is 0.0116. The Morgan fingerprint density at radius 3 is 0.830 bits per heavy atom. The standard InChI is InChI=1S/C88H167NO5/c1-3-5-7-9-11-13-15-17-19-21-22-23-39-42-45-49-52-56-60-64-68-72-76-80-86(91)85(84-90)89-87(92)81-77-73-69-65-61-57-53-50-46-43-40-37-35-33-31-29-27-25-24-26-28-30-32-34-36-38-41-44-47-51-55-59-63-67-71-75-79-83-94-88(93)82-78-74-70-66-62-58-54-48-20-18-16-14-12-10-8-6-4-2/h12,14,18,20,24,26,30,32,85-86,90-91H,3-11,13,15-17,19,21-23,25,27-29,31,33-84H2,1-2H3,(H,89,92)/b14-12-,20-18-,26-24-,32-30-. The molecule has 0 aromatic rings. The van der Waals surface area contributed by atoms with Gasteiger partial charge in [0, 0.05) is 12.8 Å². The Hall–Kier alpha value is -2.18. The Bertz CT molecular complexity index is 1570. The van der Waals surface area contributed by atoms with Gasteiger partial charge in [-0.3, -0.25) is 9.59 Å². The third-order valence-corrected chi connectivity index (χ3v) is 20.1. The van der Waals surface area contributed by atoms with Gasteiger partial charge in [-0.25, -0.2) is 0 Å². The highest BCUT2D eigenvalue weighted by atomic mass is 16.5. The van der Waals surface area contributed by atoms with Crippen molar-refractivity contribution in [2.24, 2.45) is 0 Å². The Morgan fingerprint density at radius 1 is 0.298 bits per heavy atom. The van der Waals surface area contributed by atoms with Crippen LogP contribution in [0.15, 0.2) is 48.6 Å². The van der Waals surface area contributed by atoms with Gasteiger partial charge in [-0.2, -0.15) is 0 Å². The highest BCUT2D eigenvalue weighted by molar-refractivity contribution is 5.76. The number of amides is 1. The average Bonchev–Trinajstić information content (AvgIpc) is 3.79. The molecule has 2 atom stereocenters. The molecule has 0 aromatic heterocycles. The summed E-state index contributed by atoms with van der Waals surface area (Å²) in [5.41, 5.74) is 0. The van der Waals surface area contributed by atoms with Crippen molar-refractivity contribution in [2.45, 2.75) is 488 Å². The molecule has 0 rings (SSSR count). The van der Waals surface area contributed by atoms with Crippen LogP contribution in [-0.4, -0.2) is 47.4 Å². The van der Waals surface area contributed by atoms with E-state index >= 15 is 0 Å². The Balaban J connectivity index is 3.36. The van der Waals surface area contributed by atoms with E-state index in [1.807, 2.05) is 0 Å². The van der Waals surface area contributed by atoms with Crippen molar-refractivity contribution < 1.29 is 24.5 Å². The molecule has 0 aliphatic carbocycles. The lowest BCUT2D eigenvalue weighted by molar-refractivity contribution is -0.143. The van der Waals surface area contributed by atoms with Gasteiger partial charge in [-0.05, 0) is 89.9 Å². The van der Waals surface area contributed by atoms with Crippen molar-refractivity contribution in [1.29, 1.82) is 0 Å². The summed E-state index contributed by atoms with van der Waals surface area (Å²) in [6, 6.07) is -0.541. The van der Waals surface area contributed by atoms with Crippen molar-refractivity contribution in [3.63, 3.8) is 0 Å². The first-order valence-electron chi connectivity index (χ1n) is 42.9. The maximum absolute atomic E-state index is 12.6. The zero-order valence-corrected chi connectivity index (χ0v) is 63.7. The second-order valence-corrected chi connectivity index (χ2v) is 29.5. The van der Waals surface area contributed by atoms with Gasteiger partial charge in [0.15, 0.2) is 0 Å². The number of aliphatic hydroxyl groups excluding tert-OH is 2. The summed E-state index contributed by atoms with van der Waals surface area (Å²) in [4.78, 5) is 24.7. The maximum Gasteiger partial charge on any atom is 0.305 e. The van der Waals surface area contributed by atoms with Crippen LogP contribution in [0.2, 0.25) is 0 Å². The molecule has 0 bridgehead atoms. The molecule has 6 nitrogen and oxygen atoms in total. The first-order chi connectivity index (χ1) is 46.5. The molecule has 3 N–H and O–H groups in total. The van der Waals surface area contributed by atoms with E-state index < -0.39 is 12.1 Å². The van der Waals surface area contributed by atoms with Crippen molar-refractivity contribution in [3.8, 4) is 0 Å². The molecule has 0 heterocycles. The molecule has 2 unspecified atom stereocenters. The van der Waals surface area contributed by atoms with Gasteiger partial charge in [0.1, 0.15) is 0 Å². The monoisotopic (exact) mass is 1320 g/mol. The summed E-state index contributed by atoms with van der Waals surface area (Å²) >= 11 is 0. The molecule has 0 fully saturated rings. The van der Waals surface area contributed by atoms with Gasteiger partial charge in [0.2, 0.25) is 5.91 Å². The Kier molecular flexibility index (Phi) is 81.3. The Morgan fingerprint density at radius 2 is 0.532 bits per heavy atom. The van der Waals surface area contributed by atoms with Gasteiger partial charge in [-0.1, -0.05) is 422 Å². The predicted molar refractivity (Wildman–Crippen MR) is 416 cm³/mol. The van der Waals surface area contributed by atoms with E-state index in [2.05, 4.69) is 67.8 Å². The third-order valence-electron chi connectivity index (χ3n) is 20.1. The van der Waals surface area contributed by atoms with Crippen LogP contribution in [0.4, 0.5) is 0 Å². The SMILES string of the molecule is CCCCC/C=C\C/C=C\CCCCCCCCCC(=O)OCCCCCCCCCCCCCCC/C=C\C/C=C\CCCCCCCCCCCCCCCCCCCC(=O)NC(CO)C(O)CCCCCCCCCCCCCCCCCCCCCCCCC. The van der Waals surface area contributed by atoms with E-state index in [9.17, 15) is 19.8 Å². The Labute approximate surface area is 588 Å². The number of hydrogen-bond donors (Lipinski definition) is 3. The molecule has 94 heavy (non-hydrogen) atoms. The van der Waals surface area contributed by atoms with Crippen LogP contribution < -0.4 is 5.32 Å². The first-order valence-corrected chi connectivity index (χ1v) is 42.9. The molecule has 1 amide bonds. The molecule has 0 saturated carbocycles. The fourth-order valence-electron chi connectivity index (χ4n) is 13.6. The number of rotatable bonds is 81. The molecule has 554 valence electrons. The zero-order chi connectivity index (χ0) is 67.7. The topological polar surface area (TPSA) is 95.9 Å². The van der Waals surface area contributed by atoms with Crippen LogP contribution in [0.25, 0.3) is 0 Å². The second-order valence-electron chi connectivity index (χ2n) is 29.5. The fraction of sp³-hybridized carbons (Fsp3) is 0.886. The largest absolute Gasteiger partial charge is 0.466 e. The van der Waals surface area contributed by atoms with Crippen LogP contribution >= 0.6 is 0 Å². The molecular weight excluding hydrogens is 1150 g/mol.